The lowest BCUT2D eigenvalue weighted by Gasteiger charge is -2.37. The molecular weight excluding hydrogens is 268 g/mol. The molecule has 1 atom stereocenters. The van der Waals surface area contributed by atoms with Crippen molar-refractivity contribution in [1.29, 1.82) is 0 Å². The number of hydrogen-bond acceptors (Lipinski definition) is 4. The number of anilines is 1. The Morgan fingerprint density at radius 3 is 2.62 bits per heavy atom. The maximum Gasteiger partial charge on any atom is 0.257 e. The molecule has 1 amide bonds. The number of nitrogens with one attached hydrogen (secondary N) is 1. The monoisotopic (exact) mass is 284 g/mol. The maximum atomic E-state index is 12.6. The molecule has 0 aliphatic carbocycles. The van der Waals surface area contributed by atoms with Crippen molar-refractivity contribution >= 4 is 11.6 Å². The predicted octanol–water partition coefficient (Wildman–Crippen LogP) is 2.68. The van der Waals surface area contributed by atoms with E-state index < -0.39 is 0 Å². The Morgan fingerprint density at radius 2 is 1.90 bits per heavy atom. The fourth-order valence-corrected chi connectivity index (χ4v) is 2.59. The summed E-state index contributed by atoms with van der Waals surface area (Å²) in [5.41, 5.74) is 2.12. The predicted molar refractivity (Wildman–Crippen MR) is 79.3 cm³/mol. The fraction of sp³-hybridized carbons (Fsp3) is 0.188. The summed E-state index contributed by atoms with van der Waals surface area (Å²) < 4.78 is 0. The van der Waals surface area contributed by atoms with Gasteiger partial charge in [0.05, 0.1) is 5.56 Å². The molecule has 0 spiro atoms. The number of benzene rings is 2. The van der Waals surface area contributed by atoms with E-state index in [0.717, 1.165) is 11.3 Å². The number of amides is 1. The third-order valence-corrected chi connectivity index (χ3v) is 3.68. The molecule has 2 aromatic rings. The van der Waals surface area contributed by atoms with Crippen LogP contribution in [-0.2, 0) is 0 Å². The van der Waals surface area contributed by atoms with Crippen molar-refractivity contribution < 1.29 is 15.0 Å². The molecule has 2 aromatic carbocycles. The van der Waals surface area contributed by atoms with Crippen molar-refractivity contribution in [1.82, 2.24) is 4.90 Å². The largest absolute Gasteiger partial charge is 0.504 e. The first-order chi connectivity index (χ1) is 10.1. The second-order valence-electron chi connectivity index (χ2n) is 4.93. The zero-order valence-electron chi connectivity index (χ0n) is 11.6. The molecule has 21 heavy (non-hydrogen) atoms. The quantitative estimate of drug-likeness (QED) is 0.741. The SMILES string of the molecule is CCN1C(=O)c2ccccc2NC1c1ccc(O)c(O)c1. The summed E-state index contributed by atoms with van der Waals surface area (Å²) in [6, 6.07) is 11.9. The molecule has 1 heterocycles. The Hall–Kier alpha value is -2.69. The lowest BCUT2D eigenvalue weighted by atomic mass is 10.0. The van der Waals surface area contributed by atoms with Crippen LogP contribution in [-0.4, -0.2) is 27.6 Å². The first-order valence-electron chi connectivity index (χ1n) is 6.80. The van der Waals surface area contributed by atoms with Gasteiger partial charge in [-0.15, -0.1) is 0 Å². The standard InChI is InChI=1S/C16H16N2O3/c1-2-18-15(10-7-8-13(19)14(20)9-10)17-12-6-4-3-5-11(12)16(18)21/h3-9,15,17,19-20H,2H2,1H3. The Morgan fingerprint density at radius 1 is 1.14 bits per heavy atom. The van der Waals surface area contributed by atoms with Crippen molar-refractivity contribution in [3.63, 3.8) is 0 Å². The minimum Gasteiger partial charge on any atom is -0.504 e. The normalized spacial score (nSPS) is 17.3. The minimum absolute atomic E-state index is 0.0515. The van der Waals surface area contributed by atoms with Crippen molar-refractivity contribution in [3.8, 4) is 11.5 Å². The van der Waals surface area contributed by atoms with Crippen LogP contribution in [0.15, 0.2) is 42.5 Å². The van der Waals surface area contributed by atoms with Crippen LogP contribution in [0.4, 0.5) is 5.69 Å². The molecular formula is C16H16N2O3. The number of phenols is 2. The second-order valence-corrected chi connectivity index (χ2v) is 4.93. The number of rotatable bonds is 2. The van der Waals surface area contributed by atoms with E-state index in [2.05, 4.69) is 5.32 Å². The number of hydrogen-bond donors (Lipinski definition) is 3. The van der Waals surface area contributed by atoms with Crippen molar-refractivity contribution in [2.45, 2.75) is 13.1 Å². The molecule has 5 heteroatoms. The molecule has 0 saturated carbocycles. The van der Waals surface area contributed by atoms with Gasteiger partial charge in [0.15, 0.2) is 11.5 Å². The van der Waals surface area contributed by atoms with Crippen LogP contribution in [0.25, 0.3) is 0 Å². The third kappa shape index (κ3) is 2.16. The molecule has 5 nitrogen and oxygen atoms in total. The van der Waals surface area contributed by atoms with Gasteiger partial charge in [-0.3, -0.25) is 4.79 Å². The van der Waals surface area contributed by atoms with E-state index in [1.807, 2.05) is 25.1 Å². The summed E-state index contributed by atoms with van der Waals surface area (Å²) in [5, 5.41) is 22.4. The van der Waals surface area contributed by atoms with Crippen LogP contribution in [0, 0.1) is 0 Å². The van der Waals surface area contributed by atoms with Crippen LogP contribution in [0.5, 0.6) is 11.5 Å². The first kappa shape index (κ1) is 13.3. The van der Waals surface area contributed by atoms with Gasteiger partial charge in [0.25, 0.3) is 5.91 Å². The molecule has 3 N–H and O–H groups in total. The van der Waals surface area contributed by atoms with Gasteiger partial charge in [-0.1, -0.05) is 18.2 Å². The Bertz CT molecular complexity index is 700. The van der Waals surface area contributed by atoms with E-state index in [4.69, 9.17) is 0 Å². The van der Waals surface area contributed by atoms with Crippen LogP contribution in [0.3, 0.4) is 0 Å². The van der Waals surface area contributed by atoms with E-state index >= 15 is 0 Å². The third-order valence-electron chi connectivity index (χ3n) is 3.68. The van der Waals surface area contributed by atoms with Crippen LogP contribution in [0.2, 0.25) is 0 Å². The van der Waals surface area contributed by atoms with E-state index in [9.17, 15) is 15.0 Å². The molecule has 108 valence electrons. The van der Waals surface area contributed by atoms with Gasteiger partial charge >= 0.3 is 0 Å². The van der Waals surface area contributed by atoms with Gasteiger partial charge in [-0.2, -0.15) is 0 Å². The molecule has 0 radical (unpaired) electrons. The number of carbonyl (C=O) groups is 1. The smallest absolute Gasteiger partial charge is 0.257 e. The van der Waals surface area contributed by atoms with E-state index in [-0.39, 0.29) is 23.6 Å². The summed E-state index contributed by atoms with van der Waals surface area (Å²) in [6.45, 7) is 2.44. The lowest BCUT2D eigenvalue weighted by molar-refractivity contribution is 0.0694. The van der Waals surface area contributed by atoms with Crippen molar-refractivity contribution in [3.05, 3.63) is 53.6 Å². The van der Waals surface area contributed by atoms with Gasteiger partial charge in [0, 0.05) is 12.2 Å². The zero-order chi connectivity index (χ0) is 15.0. The molecule has 1 unspecified atom stereocenters. The van der Waals surface area contributed by atoms with Gasteiger partial charge in [0.2, 0.25) is 0 Å². The van der Waals surface area contributed by atoms with Crippen molar-refractivity contribution in [2.75, 3.05) is 11.9 Å². The van der Waals surface area contributed by atoms with Crippen LogP contribution in [0.1, 0.15) is 29.0 Å². The second kappa shape index (κ2) is 5.01. The molecule has 0 fully saturated rings. The van der Waals surface area contributed by atoms with Gasteiger partial charge in [-0.05, 0) is 36.8 Å². The highest BCUT2D eigenvalue weighted by Crippen LogP contribution is 2.35. The highest BCUT2D eigenvalue weighted by Gasteiger charge is 2.31. The zero-order valence-corrected chi connectivity index (χ0v) is 11.6. The number of para-hydroxylation sites is 1. The average molecular weight is 284 g/mol. The highest BCUT2D eigenvalue weighted by molar-refractivity contribution is 6.01. The molecule has 3 rings (SSSR count). The van der Waals surface area contributed by atoms with Gasteiger partial charge in [-0.25, -0.2) is 0 Å². The molecule has 1 aliphatic heterocycles. The first-order valence-corrected chi connectivity index (χ1v) is 6.80. The van der Waals surface area contributed by atoms with Gasteiger partial charge in [0.1, 0.15) is 6.17 Å². The summed E-state index contributed by atoms with van der Waals surface area (Å²) in [7, 11) is 0. The van der Waals surface area contributed by atoms with E-state index in [1.165, 1.54) is 12.1 Å². The number of phenolic OH excluding ortho intramolecular Hbond substituents is 2. The number of fused-ring (bicyclic) bond motifs is 1. The summed E-state index contributed by atoms with van der Waals surface area (Å²) in [5.74, 6) is -0.426. The van der Waals surface area contributed by atoms with Crippen LogP contribution >= 0.6 is 0 Å². The summed E-state index contributed by atoms with van der Waals surface area (Å²) >= 11 is 0. The Labute approximate surface area is 122 Å². The molecule has 0 bridgehead atoms. The Balaban J connectivity index is 2.06. The number of nitrogens with zero attached hydrogens (tertiary/aromatic N) is 1. The molecule has 0 saturated heterocycles. The molecule has 0 aromatic heterocycles. The summed E-state index contributed by atoms with van der Waals surface area (Å²) in [6.07, 6.45) is -0.371. The van der Waals surface area contributed by atoms with Crippen LogP contribution < -0.4 is 5.32 Å². The lowest BCUT2D eigenvalue weighted by Crippen LogP contribution is -2.42. The van der Waals surface area contributed by atoms with Crippen molar-refractivity contribution in [2.24, 2.45) is 0 Å². The molecule has 1 aliphatic rings. The minimum atomic E-state index is -0.371. The number of carbonyl (C=O) groups excluding carboxylic acids is 1. The van der Waals surface area contributed by atoms with E-state index in [1.54, 1.807) is 17.0 Å². The summed E-state index contributed by atoms with van der Waals surface area (Å²) in [4.78, 5) is 14.2. The fourth-order valence-electron chi connectivity index (χ4n) is 2.59. The van der Waals surface area contributed by atoms with Gasteiger partial charge < -0.3 is 20.4 Å². The number of aromatic hydroxyl groups is 2. The average Bonchev–Trinajstić information content (AvgIpc) is 2.50. The Kier molecular flexibility index (Phi) is 3.17. The van der Waals surface area contributed by atoms with E-state index in [0.29, 0.717) is 12.1 Å². The maximum absolute atomic E-state index is 12.6. The highest BCUT2D eigenvalue weighted by atomic mass is 16.3. The topological polar surface area (TPSA) is 72.8 Å².